The highest BCUT2D eigenvalue weighted by atomic mass is 16.5. The van der Waals surface area contributed by atoms with Crippen LogP contribution in [-0.4, -0.2) is 34.9 Å². The number of nitrogens with one attached hydrogen (secondary N) is 1. The van der Waals surface area contributed by atoms with E-state index in [1.165, 1.54) is 0 Å². The third-order valence-electron chi connectivity index (χ3n) is 3.90. The number of anilines is 1. The minimum absolute atomic E-state index is 0.240. The normalized spacial score (nSPS) is 12.1. The number of aromatic nitrogens is 3. The first-order chi connectivity index (χ1) is 12.3. The van der Waals surface area contributed by atoms with Gasteiger partial charge in [-0.25, -0.2) is 4.98 Å². The van der Waals surface area contributed by atoms with Crippen molar-refractivity contribution in [2.45, 2.75) is 25.8 Å². The molecule has 1 aromatic carbocycles. The standard InChI is InChI=1S/C19H22N4O2/c1-3-16(13-24-2)21-17-10-9-15(12-20-17)19-22-18(23-25-19)11-14-7-5-4-6-8-14/h4-10,12,16H,3,11,13H2,1-2H3,(H,20,21)/t16-/m1/s1. The van der Waals surface area contributed by atoms with Crippen LogP contribution in [0.2, 0.25) is 0 Å². The molecule has 3 rings (SSSR count). The molecule has 0 aliphatic rings. The van der Waals surface area contributed by atoms with Gasteiger partial charge in [0.05, 0.1) is 18.2 Å². The maximum absolute atomic E-state index is 5.36. The summed E-state index contributed by atoms with van der Waals surface area (Å²) in [4.78, 5) is 8.88. The van der Waals surface area contributed by atoms with Crippen LogP contribution in [0.3, 0.4) is 0 Å². The molecular weight excluding hydrogens is 316 g/mol. The Morgan fingerprint density at radius 3 is 2.68 bits per heavy atom. The van der Waals surface area contributed by atoms with Crippen molar-refractivity contribution >= 4 is 5.82 Å². The Labute approximate surface area is 147 Å². The fraction of sp³-hybridized carbons (Fsp3) is 0.316. The quantitative estimate of drug-likeness (QED) is 0.677. The molecule has 0 unspecified atom stereocenters. The topological polar surface area (TPSA) is 73.1 Å². The molecule has 0 saturated carbocycles. The molecule has 3 aromatic rings. The second kappa shape index (κ2) is 8.39. The number of nitrogens with zero attached hydrogens (tertiary/aromatic N) is 3. The van der Waals surface area contributed by atoms with Gasteiger partial charge in [-0.2, -0.15) is 4.98 Å². The van der Waals surface area contributed by atoms with E-state index in [1.54, 1.807) is 13.3 Å². The van der Waals surface area contributed by atoms with Crippen LogP contribution in [-0.2, 0) is 11.2 Å². The van der Waals surface area contributed by atoms with Gasteiger partial charge in [0, 0.05) is 19.7 Å². The van der Waals surface area contributed by atoms with Gasteiger partial charge < -0.3 is 14.6 Å². The number of pyridine rings is 1. The Morgan fingerprint density at radius 2 is 2.00 bits per heavy atom. The van der Waals surface area contributed by atoms with Gasteiger partial charge in [0.1, 0.15) is 5.82 Å². The van der Waals surface area contributed by atoms with Gasteiger partial charge in [0.25, 0.3) is 5.89 Å². The van der Waals surface area contributed by atoms with Crippen LogP contribution in [0.4, 0.5) is 5.82 Å². The smallest absolute Gasteiger partial charge is 0.259 e. The summed E-state index contributed by atoms with van der Waals surface area (Å²) in [6.07, 6.45) is 3.35. The molecule has 25 heavy (non-hydrogen) atoms. The maximum atomic E-state index is 5.36. The highest BCUT2D eigenvalue weighted by Gasteiger charge is 2.11. The predicted molar refractivity (Wildman–Crippen MR) is 96.4 cm³/mol. The second-order valence-corrected chi connectivity index (χ2v) is 5.82. The zero-order chi connectivity index (χ0) is 17.5. The molecule has 130 valence electrons. The van der Waals surface area contributed by atoms with Crippen LogP contribution in [0, 0.1) is 0 Å². The van der Waals surface area contributed by atoms with Crippen LogP contribution in [0.15, 0.2) is 53.2 Å². The first-order valence-corrected chi connectivity index (χ1v) is 8.37. The lowest BCUT2D eigenvalue weighted by Crippen LogP contribution is -2.24. The summed E-state index contributed by atoms with van der Waals surface area (Å²) in [5.74, 6) is 1.94. The molecule has 1 N–H and O–H groups in total. The molecule has 6 nitrogen and oxygen atoms in total. The van der Waals surface area contributed by atoms with E-state index < -0.39 is 0 Å². The van der Waals surface area contributed by atoms with Crippen LogP contribution in [0.5, 0.6) is 0 Å². The van der Waals surface area contributed by atoms with E-state index in [4.69, 9.17) is 9.26 Å². The monoisotopic (exact) mass is 338 g/mol. The Bertz CT molecular complexity index is 772. The number of rotatable bonds is 8. The predicted octanol–water partition coefficient (Wildman–Crippen LogP) is 3.56. The van der Waals surface area contributed by atoms with Crippen molar-refractivity contribution in [3.63, 3.8) is 0 Å². The first-order valence-electron chi connectivity index (χ1n) is 8.37. The van der Waals surface area contributed by atoms with E-state index in [0.29, 0.717) is 24.7 Å². The summed E-state index contributed by atoms with van der Waals surface area (Å²) in [7, 11) is 1.70. The van der Waals surface area contributed by atoms with Crippen molar-refractivity contribution in [1.82, 2.24) is 15.1 Å². The molecule has 0 fully saturated rings. The SMILES string of the molecule is CC[C@H](COC)Nc1ccc(-c2nc(Cc3ccccc3)no2)cn1. The molecule has 0 bridgehead atoms. The van der Waals surface area contributed by atoms with Crippen molar-refractivity contribution in [3.05, 3.63) is 60.0 Å². The second-order valence-electron chi connectivity index (χ2n) is 5.82. The van der Waals surface area contributed by atoms with E-state index in [9.17, 15) is 0 Å². The zero-order valence-corrected chi connectivity index (χ0v) is 14.5. The van der Waals surface area contributed by atoms with Crippen LogP contribution in [0.1, 0.15) is 24.7 Å². The molecule has 0 aliphatic heterocycles. The van der Waals surface area contributed by atoms with Crippen molar-refractivity contribution in [2.24, 2.45) is 0 Å². The van der Waals surface area contributed by atoms with Crippen molar-refractivity contribution in [2.75, 3.05) is 19.0 Å². The lowest BCUT2D eigenvalue weighted by molar-refractivity contribution is 0.184. The first kappa shape index (κ1) is 17.1. The minimum Gasteiger partial charge on any atom is -0.383 e. The van der Waals surface area contributed by atoms with Crippen molar-refractivity contribution in [3.8, 4) is 11.5 Å². The number of methoxy groups -OCH3 is 1. The fourth-order valence-electron chi connectivity index (χ4n) is 2.50. The summed E-state index contributed by atoms with van der Waals surface area (Å²) >= 11 is 0. The summed E-state index contributed by atoms with van der Waals surface area (Å²) in [6.45, 7) is 2.75. The Morgan fingerprint density at radius 1 is 1.16 bits per heavy atom. The number of benzene rings is 1. The molecule has 0 spiro atoms. The van der Waals surface area contributed by atoms with Gasteiger partial charge in [-0.05, 0) is 24.1 Å². The zero-order valence-electron chi connectivity index (χ0n) is 14.5. The molecular formula is C19H22N4O2. The highest BCUT2D eigenvalue weighted by Crippen LogP contribution is 2.19. The van der Waals surface area contributed by atoms with Gasteiger partial charge in [-0.3, -0.25) is 0 Å². The number of hydrogen-bond acceptors (Lipinski definition) is 6. The van der Waals surface area contributed by atoms with E-state index >= 15 is 0 Å². The van der Waals surface area contributed by atoms with Gasteiger partial charge in [-0.1, -0.05) is 42.4 Å². The molecule has 2 heterocycles. The summed E-state index contributed by atoms with van der Waals surface area (Å²) in [5, 5.41) is 7.39. The van der Waals surface area contributed by atoms with E-state index in [1.807, 2.05) is 42.5 Å². The molecule has 0 amide bonds. The van der Waals surface area contributed by atoms with Gasteiger partial charge >= 0.3 is 0 Å². The molecule has 0 saturated heterocycles. The van der Waals surface area contributed by atoms with Crippen molar-refractivity contribution in [1.29, 1.82) is 0 Å². The van der Waals surface area contributed by atoms with Crippen LogP contribution in [0.25, 0.3) is 11.5 Å². The molecule has 1 atom stereocenters. The lowest BCUT2D eigenvalue weighted by Gasteiger charge is -2.16. The molecule has 2 aromatic heterocycles. The molecule has 6 heteroatoms. The Hall–Kier alpha value is -2.73. The largest absolute Gasteiger partial charge is 0.383 e. The highest BCUT2D eigenvalue weighted by molar-refractivity contribution is 5.54. The lowest BCUT2D eigenvalue weighted by atomic mass is 10.1. The van der Waals surface area contributed by atoms with E-state index in [2.05, 4.69) is 27.4 Å². The Kier molecular flexibility index (Phi) is 5.74. The summed E-state index contributed by atoms with van der Waals surface area (Å²) < 4.78 is 10.6. The van der Waals surface area contributed by atoms with Gasteiger partial charge in [-0.15, -0.1) is 0 Å². The average molecular weight is 338 g/mol. The van der Waals surface area contributed by atoms with Crippen molar-refractivity contribution < 1.29 is 9.26 Å². The van der Waals surface area contributed by atoms with Gasteiger partial charge in [0.15, 0.2) is 5.82 Å². The molecule has 0 radical (unpaired) electrons. The third-order valence-corrected chi connectivity index (χ3v) is 3.90. The van der Waals surface area contributed by atoms with E-state index in [-0.39, 0.29) is 6.04 Å². The van der Waals surface area contributed by atoms with E-state index in [0.717, 1.165) is 23.4 Å². The summed E-state index contributed by atoms with van der Waals surface area (Å²) in [6, 6.07) is 14.2. The van der Waals surface area contributed by atoms with Crippen LogP contribution >= 0.6 is 0 Å². The maximum Gasteiger partial charge on any atom is 0.259 e. The molecule has 0 aliphatic carbocycles. The third kappa shape index (κ3) is 4.64. The summed E-state index contributed by atoms with van der Waals surface area (Å²) in [5.41, 5.74) is 1.95. The van der Waals surface area contributed by atoms with Gasteiger partial charge in [0.2, 0.25) is 0 Å². The number of hydrogen-bond donors (Lipinski definition) is 1. The van der Waals surface area contributed by atoms with Crippen LogP contribution < -0.4 is 5.32 Å². The minimum atomic E-state index is 0.240. The number of ether oxygens (including phenoxy) is 1. The Balaban J connectivity index is 1.66. The fourth-order valence-corrected chi connectivity index (χ4v) is 2.50. The average Bonchev–Trinajstić information content (AvgIpc) is 3.11.